The molecule has 0 unspecified atom stereocenters. The second-order valence-electron chi connectivity index (χ2n) is 6.92. The van der Waals surface area contributed by atoms with Crippen molar-refractivity contribution in [3.8, 4) is 17.2 Å². The van der Waals surface area contributed by atoms with Crippen LogP contribution in [0, 0.1) is 10.1 Å². The van der Waals surface area contributed by atoms with Crippen LogP contribution in [0.3, 0.4) is 0 Å². The van der Waals surface area contributed by atoms with Crippen molar-refractivity contribution in [1.82, 2.24) is 4.90 Å². The van der Waals surface area contributed by atoms with E-state index in [1.54, 1.807) is 31.4 Å². The van der Waals surface area contributed by atoms with Gasteiger partial charge in [0.15, 0.2) is 11.5 Å². The molecule has 0 bridgehead atoms. The van der Waals surface area contributed by atoms with E-state index in [1.807, 2.05) is 4.90 Å². The Morgan fingerprint density at radius 3 is 2.27 bits per heavy atom. The molecule has 1 fully saturated rings. The number of nitrogens with zero attached hydrogens (tertiary/aromatic N) is 2. The van der Waals surface area contributed by atoms with E-state index in [4.69, 9.17) is 14.2 Å². The number of rotatable bonds is 7. The fraction of sp³-hybridized carbons (Fsp3) is 0.381. The molecule has 9 heteroatoms. The lowest BCUT2D eigenvalue weighted by molar-refractivity contribution is -0.384. The van der Waals surface area contributed by atoms with Crippen molar-refractivity contribution < 1.29 is 23.9 Å². The van der Waals surface area contributed by atoms with Crippen molar-refractivity contribution >= 4 is 17.3 Å². The number of benzene rings is 2. The molecule has 0 atom stereocenters. The normalized spacial score (nSPS) is 14.2. The molecule has 160 valence electrons. The number of nitro groups is 1. The molecule has 3 rings (SSSR count). The maximum Gasteiger partial charge on any atom is 0.273 e. The Morgan fingerprint density at radius 1 is 1.00 bits per heavy atom. The first-order chi connectivity index (χ1) is 14.5. The summed E-state index contributed by atoms with van der Waals surface area (Å²) in [5.41, 5.74) is 1.23. The van der Waals surface area contributed by atoms with Crippen LogP contribution in [-0.4, -0.2) is 56.2 Å². The van der Waals surface area contributed by atoms with Gasteiger partial charge in [-0.25, -0.2) is 0 Å². The predicted molar refractivity (Wildman–Crippen MR) is 112 cm³/mol. The van der Waals surface area contributed by atoms with Crippen molar-refractivity contribution in [1.29, 1.82) is 0 Å². The summed E-state index contributed by atoms with van der Waals surface area (Å²) in [6, 6.07) is 9.77. The Hall–Kier alpha value is -3.49. The number of ether oxygens (including phenoxy) is 3. The third kappa shape index (κ3) is 4.56. The molecule has 30 heavy (non-hydrogen) atoms. The van der Waals surface area contributed by atoms with E-state index < -0.39 is 4.92 Å². The first-order valence-corrected chi connectivity index (χ1v) is 9.57. The predicted octanol–water partition coefficient (Wildman–Crippen LogP) is 3.34. The van der Waals surface area contributed by atoms with Crippen LogP contribution in [0.15, 0.2) is 36.4 Å². The second kappa shape index (κ2) is 9.34. The van der Waals surface area contributed by atoms with Gasteiger partial charge in [0, 0.05) is 30.8 Å². The number of methoxy groups -OCH3 is 3. The van der Waals surface area contributed by atoms with Crippen LogP contribution in [0.5, 0.6) is 17.2 Å². The van der Waals surface area contributed by atoms with Gasteiger partial charge in [0.1, 0.15) is 5.75 Å². The minimum Gasteiger partial charge on any atom is -0.494 e. The molecule has 1 N–H and O–H groups in total. The highest BCUT2D eigenvalue weighted by molar-refractivity contribution is 5.95. The van der Waals surface area contributed by atoms with Gasteiger partial charge < -0.3 is 24.4 Å². The zero-order valence-electron chi connectivity index (χ0n) is 17.2. The Labute approximate surface area is 174 Å². The summed E-state index contributed by atoms with van der Waals surface area (Å²) in [6.45, 7) is 1.19. The van der Waals surface area contributed by atoms with Gasteiger partial charge >= 0.3 is 0 Å². The lowest BCUT2D eigenvalue weighted by Gasteiger charge is -2.33. The van der Waals surface area contributed by atoms with E-state index in [9.17, 15) is 14.9 Å². The number of non-ortho nitro benzene ring substituents is 1. The van der Waals surface area contributed by atoms with E-state index in [1.165, 1.54) is 26.4 Å². The molecule has 0 aromatic heterocycles. The Kier molecular flexibility index (Phi) is 6.61. The number of hydrogen-bond donors (Lipinski definition) is 1. The van der Waals surface area contributed by atoms with E-state index in [2.05, 4.69) is 5.32 Å². The highest BCUT2D eigenvalue weighted by atomic mass is 16.6. The maximum absolute atomic E-state index is 12.9. The van der Waals surface area contributed by atoms with E-state index in [0.717, 1.165) is 12.8 Å². The van der Waals surface area contributed by atoms with Crippen LogP contribution in [0.2, 0.25) is 0 Å². The molecule has 2 aromatic carbocycles. The van der Waals surface area contributed by atoms with Crippen LogP contribution in [0.4, 0.5) is 11.4 Å². The summed E-state index contributed by atoms with van der Waals surface area (Å²) in [4.78, 5) is 25.2. The zero-order chi connectivity index (χ0) is 21.7. The number of anilines is 1. The number of piperidine rings is 1. The third-order valence-electron chi connectivity index (χ3n) is 5.17. The van der Waals surface area contributed by atoms with E-state index >= 15 is 0 Å². The smallest absolute Gasteiger partial charge is 0.273 e. The molecule has 1 saturated heterocycles. The van der Waals surface area contributed by atoms with Crippen LogP contribution in [0.1, 0.15) is 23.2 Å². The van der Waals surface area contributed by atoms with Crippen molar-refractivity contribution in [3.05, 3.63) is 52.1 Å². The number of nitro benzene ring substituents is 1. The number of carbonyl (C=O) groups is 1. The lowest BCUT2D eigenvalue weighted by Crippen LogP contribution is -2.42. The molecule has 1 amide bonds. The molecular weight excluding hydrogens is 390 g/mol. The molecule has 1 aliphatic heterocycles. The molecular formula is C21H25N3O6. The van der Waals surface area contributed by atoms with Gasteiger partial charge in [-0.3, -0.25) is 14.9 Å². The van der Waals surface area contributed by atoms with Gasteiger partial charge in [0.25, 0.3) is 11.6 Å². The molecule has 0 saturated carbocycles. The Bertz CT molecular complexity index is 925. The zero-order valence-corrected chi connectivity index (χ0v) is 17.2. The van der Waals surface area contributed by atoms with Gasteiger partial charge in [-0.05, 0) is 37.1 Å². The molecule has 0 aliphatic carbocycles. The SMILES string of the molecule is COc1cc([N+](=O)[O-])ccc1NC1CCN(C(=O)c2ccc(OC)c(OC)c2)CC1. The average molecular weight is 415 g/mol. The Morgan fingerprint density at radius 2 is 1.67 bits per heavy atom. The minimum atomic E-state index is -0.454. The summed E-state index contributed by atoms with van der Waals surface area (Å²) in [5.74, 6) is 1.47. The summed E-state index contributed by atoms with van der Waals surface area (Å²) in [5, 5.41) is 14.3. The van der Waals surface area contributed by atoms with Crippen molar-refractivity contribution in [3.63, 3.8) is 0 Å². The standard InChI is InChI=1S/C21H25N3O6/c1-28-18-7-4-14(12-20(18)30-3)21(25)23-10-8-15(9-11-23)22-17-6-5-16(24(26)27)13-19(17)29-2/h4-7,12-13,15,22H,8-11H2,1-3H3. The van der Waals surface area contributed by atoms with Crippen LogP contribution < -0.4 is 19.5 Å². The first kappa shape index (κ1) is 21.2. The third-order valence-corrected chi connectivity index (χ3v) is 5.17. The molecule has 0 radical (unpaired) electrons. The molecule has 1 heterocycles. The van der Waals surface area contributed by atoms with E-state index in [0.29, 0.717) is 41.6 Å². The first-order valence-electron chi connectivity index (χ1n) is 9.57. The van der Waals surface area contributed by atoms with Gasteiger partial charge in [-0.1, -0.05) is 0 Å². The number of carbonyl (C=O) groups excluding carboxylic acids is 1. The highest BCUT2D eigenvalue weighted by Crippen LogP contribution is 2.31. The maximum atomic E-state index is 12.9. The average Bonchev–Trinajstić information content (AvgIpc) is 2.78. The van der Waals surface area contributed by atoms with Crippen molar-refractivity contribution in [2.24, 2.45) is 0 Å². The monoisotopic (exact) mass is 415 g/mol. The lowest BCUT2D eigenvalue weighted by atomic mass is 10.0. The summed E-state index contributed by atoms with van der Waals surface area (Å²) in [6.07, 6.45) is 1.50. The van der Waals surface area contributed by atoms with E-state index in [-0.39, 0.29) is 17.6 Å². The quantitative estimate of drug-likeness (QED) is 0.546. The fourth-order valence-corrected chi connectivity index (χ4v) is 3.51. The molecule has 2 aromatic rings. The van der Waals surface area contributed by atoms with Gasteiger partial charge in [0.2, 0.25) is 0 Å². The van der Waals surface area contributed by atoms with Crippen LogP contribution in [0.25, 0.3) is 0 Å². The Balaban J connectivity index is 1.62. The summed E-state index contributed by atoms with van der Waals surface area (Å²) in [7, 11) is 4.57. The summed E-state index contributed by atoms with van der Waals surface area (Å²) >= 11 is 0. The highest BCUT2D eigenvalue weighted by Gasteiger charge is 2.25. The van der Waals surface area contributed by atoms with Gasteiger partial charge in [0.05, 0.1) is 38.0 Å². The van der Waals surface area contributed by atoms with Crippen LogP contribution >= 0.6 is 0 Å². The number of nitrogens with one attached hydrogen (secondary N) is 1. The van der Waals surface area contributed by atoms with Gasteiger partial charge in [-0.2, -0.15) is 0 Å². The topological polar surface area (TPSA) is 103 Å². The number of likely N-dealkylation sites (tertiary alicyclic amines) is 1. The van der Waals surface area contributed by atoms with Crippen molar-refractivity contribution in [2.75, 3.05) is 39.7 Å². The van der Waals surface area contributed by atoms with Crippen molar-refractivity contribution in [2.45, 2.75) is 18.9 Å². The summed E-state index contributed by atoms with van der Waals surface area (Å²) < 4.78 is 15.8. The number of amides is 1. The number of hydrogen-bond acceptors (Lipinski definition) is 7. The van der Waals surface area contributed by atoms with Crippen LogP contribution in [-0.2, 0) is 0 Å². The molecule has 1 aliphatic rings. The fourth-order valence-electron chi connectivity index (χ4n) is 3.51. The largest absolute Gasteiger partial charge is 0.494 e. The minimum absolute atomic E-state index is 0.0206. The molecule has 9 nitrogen and oxygen atoms in total. The second-order valence-corrected chi connectivity index (χ2v) is 6.92. The molecule has 0 spiro atoms. The van der Waals surface area contributed by atoms with Gasteiger partial charge in [-0.15, -0.1) is 0 Å².